The molecule has 6 heteroatoms. The number of ether oxygens (including phenoxy) is 2. The van der Waals surface area contributed by atoms with Crippen molar-refractivity contribution in [3.63, 3.8) is 0 Å². The molecular weight excluding hydrogens is 364 g/mol. The number of guanidine groups is 1. The molecule has 0 spiro atoms. The first kappa shape index (κ1) is 22.3. The molecule has 156 valence electrons. The second kappa shape index (κ2) is 12.5. The molecule has 0 aromatic heterocycles. The Bertz CT molecular complexity index is 790. The molecule has 0 amide bonds. The molecule has 2 rings (SSSR count). The van der Waals surface area contributed by atoms with Crippen molar-refractivity contribution in [2.24, 2.45) is 4.99 Å². The summed E-state index contributed by atoms with van der Waals surface area (Å²) in [4.78, 5) is 6.40. The molecule has 0 heterocycles. The molecule has 2 aromatic rings. The van der Waals surface area contributed by atoms with Gasteiger partial charge < -0.3 is 25.0 Å². The quantitative estimate of drug-likeness (QED) is 0.347. The van der Waals surface area contributed by atoms with Crippen LogP contribution in [-0.2, 0) is 13.1 Å². The highest BCUT2D eigenvalue weighted by Gasteiger charge is 2.05. The van der Waals surface area contributed by atoms with E-state index in [-0.39, 0.29) is 0 Å². The first-order valence-corrected chi connectivity index (χ1v) is 9.75. The Hall–Kier alpha value is -2.99. The zero-order valence-corrected chi connectivity index (χ0v) is 17.6. The van der Waals surface area contributed by atoms with E-state index >= 15 is 0 Å². The smallest absolute Gasteiger partial charge is 0.191 e. The third-order valence-electron chi connectivity index (χ3n) is 4.16. The van der Waals surface area contributed by atoms with Crippen LogP contribution in [0.4, 0.5) is 0 Å². The minimum Gasteiger partial charge on any atom is -0.492 e. The van der Waals surface area contributed by atoms with Gasteiger partial charge in [0.25, 0.3) is 0 Å². The van der Waals surface area contributed by atoms with Crippen molar-refractivity contribution in [1.29, 1.82) is 0 Å². The van der Waals surface area contributed by atoms with Gasteiger partial charge in [0.2, 0.25) is 0 Å². The normalized spacial score (nSPS) is 11.2. The van der Waals surface area contributed by atoms with Crippen molar-refractivity contribution in [1.82, 2.24) is 15.5 Å². The second-order valence-electron chi connectivity index (χ2n) is 6.79. The Morgan fingerprint density at radius 3 is 2.62 bits per heavy atom. The minimum absolute atomic E-state index is 0.483. The Balaban J connectivity index is 1.86. The highest BCUT2D eigenvalue weighted by atomic mass is 16.5. The van der Waals surface area contributed by atoms with Crippen LogP contribution in [0.2, 0.25) is 0 Å². The number of hydrogen-bond acceptors (Lipinski definition) is 4. The van der Waals surface area contributed by atoms with Gasteiger partial charge in [-0.05, 0) is 37.9 Å². The van der Waals surface area contributed by atoms with Crippen molar-refractivity contribution >= 4 is 5.96 Å². The maximum absolute atomic E-state index is 5.81. The summed E-state index contributed by atoms with van der Waals surface area (Å²) in [5, 5.41) is 6.67. The van der Waals surface area contributed by atoms with Crippen LogP contribution >= 0.6 is 0 Å². The van der Waals surface area contributed by atoms with Gasteiger partial charge in [0, 0.05) is 32.2 Å². The monoisotopic (exact) mass is 396 g/mol. The van der Waals surface area contributed by atoms with Gasteiger partial charge in [0.15, 0.2) is 5.96 Å². The van der Waals surface area contributed by atoms with Crippen molar-refractivity contribution in [3.05, 3.63) is 72.3 Å². The van der Waals surface area contributed by atoms with Crippen LogP contribution in [0.1, 0.15) is 11.1 Å². The largest absolute Gasteiger partial charge is 0.492 e. The van der Waals surface area contributed by atoms with Gasteiger partial charge in [0.05, 0.1) is 0 Å². The second-order valence-corrected chi connectivity index (χ2v) is 6.79. The summed E-state index contributed by atoms with van der Waals surface area (Å²) in [5.74, 6) is 2.45. The Kier molecular flexibility index (Phi) is 9.59. The summed E-state index contributed by atoms with van der Waals surface area (Å²) < 4.78 is 11.5. The van der Waals surface area contributed by atoms with Crippen LogP contribution in [0.5, 0.6) is 11.5 Å². The van der Waals surface area contributed by atoms with Crippen molar-refractivity contribution < 1.29 is 9.47 Å². The molecule has 0 fully saturated rings. The molecule has 29 heavy (non-hydrogen) atoms. The van der Waals surface area contributed by atoms with Crippen molar-refractivity contribution in [3.8, 4) is 11.5 Å². The van der Waals surface area contributed by atoms with Crippen molar-refractivity contribution in [2.75, 3.05) is 40.9 Å². The molecule has 0 radical (unpaired) electrons. The number of benzene rings is 2. The Morgan fingerprint density at radius 2 is 1.86 bits per heavy atom. The van der Waals surface area contributed by atoms with Gasteiger partial charge in [-0.3, -0.25) is 4.99 Å². The molecule has 2 N–H and O–H groups in total. The summed E-state index contributed by atoms with van der Waals surface area (Å²) in [7, 11) is 5.83. The molecule has 0 saturated heterocycles. The van der Waals surface area contributed by atoms with Gasteiger partial charge in [-0.15, -0.1) is 0 Å². The molecule has 0 aliphatic heterocycles. The van der Waals surface area contributed by atoms with Crippen LogP contribution in [-0.4, -0.2) is 51.8 Å². The molecule has 0 aliphatic carbocycles. The number of likely N-dealkylation sites (N-methyl/N-ethyl adjacent to an activating group) is 1. The first-order chi connectivity index (χ1) is 14.1. The molecule has 0 aliphatic rings. The van der Waals surface area contributed by atoms with Gasteiger partial charge in [0.1, 0.15) is 24.7 Å². The highest BCUT2D eigenvalue weighted by Crippen LogP contribution is 2.17. The van der Waals surface area contributed by atoms with Crippen LogP contribution in [0, 0.1) is 0 Å². The zero-order chi connectivity index (χ0) is 20.9. The average Bonchev–Trinajstić information content (AvgIpc) is 2.73. The van der Waals surface area contributed by atoms with E-state index in [1.165, 1.54) is 0 Å². The predicted molar refractivity (Wildman–Crippen MR) is 120 cm³/mol. The maximum Gasteiger partial charge on any atom is 0.191 e. The number of rotatable bonds is 11. The summed E-state index contributed by atoms with van der Waals surface area (Å²) >= 11 is 0. The lowest BCUT2D eigenvalue weighted by Gasteiger charge is -2.15. The molecule has 0 unspecified atom stereocenters. The van der Waals surface area contributed by atoms with E-state index in [0.717, 1.165) is 35.1 Å². The van der Waals surface area contributed by atoms with Crippen LogP contribution in [0.25, 0.3) is 0 Å². The summed E-state index contributed by atoms with van der Waals surface area (Å²) in [6, 6.07) is 16.0. The van der Waals surface area contributed by atoms with E-state index in [0.29, 0.717) is 26.3 Å². The SMILES string of the molecule is C=CCOc1ccccc1CNC(=NC)NCc1cccc(OCCN(C)C)c1. The van der Waals surface area contributed by atoms with E-state index in [1.54, 1.807) is 13.1 Å². The standard InChI is InChI=1S/C23H32N4O2/c1-5-14-29-22-12-7-6-10-20(22)18-26-23(24-2)25-17-19-9-8-11-21(16-19)28-15-13-27(3)4/h5-12,16H,1,13-15,17-18H2,2-4H3,(H2,24,25,26). The Labute approximate surface area is 174 Å². The lowest BCUT2D eigenvalue weighted by atomic mass is 10.2. The van der Waals surface area contributed by atoms with Crippen LogP contribution in [0.15, 0.2) is 66.2 Å². The molecule has 0 bridgehead atoms. The number of hydrogen-bond donors (Lipinski definition) is 2. The fraction of sp³-hybridized carbons (Fsp3) is 0.348. The summed E-state index contributed by atoms with van der Waals surface area (Å²) in [6.07, 6.45) is 1.74. The fourth-order valence-corrected chi connectivity index (χ4v) is 2.62. The highest BCUT2D eigenvalue weighted by molar-refractivity contribution is 5.79. The van der Waals surface area contributed by atoms with E-state index in [2.05, 4.69) is 33.2 Å². The van der Waals surface area contributed by atoms with E-state index in [4.69, 9.17) is 9.47 Å². The average molecular weight is 397 g/mol. The fourth-order valence-electron chi connectivity index (χ4n) is 2.62. The zero-order valence-electron chi connectivity index (χ0n) is 17.6. The van der Waals surface area contributed by atoms with E-state index in [1.807, 2.05) is 56.6 Å². The number of nitrogens with one attached hydrogen (secondary N) is 2. The lowest BCUT2D eigenvalue weighted by molar-refractivity contribution is 0.261. The number of para-hydroxylation sites is 1. The predicted octanol–water partition coefficient (Wildman–Crippen LogP) is 3.06. The van der Waals surface area contributed by atoms with Gasteiger partial charge in [-0.1, -0.05) is 43.0 Å². The minimum atomic E-state index is 0.483. The molecular formula is C23H32N4O2. The molecule has 2 aromatic carbocycles. The van der Waals surface area contributed by atoms with E-state index in [9.17, 15) is 0 Å². The van der Waals surface area contributed by atoms with E-state index < -0.39 is 0 Å². The van der Waals surface area contributed by atoms with Crippen LogP contribution < -0.4 is 20.1 Å². The number of nitrogens with zero attached hydrogens (tertiary/aromatic N) is 2. The third kappa shape index (κ3) is 8.27. The Morgan fingerprint density at radius 1 is 1.07 bits per heavy atom. The summed E-state index contributed by atoms with van der Waals surface area (Å²) in [6.45, 7) is 7.00. The molecule has 6 nitrogen and oxygen atoms in total. The molecule has 0 atom stereocenters. The van der Waals surface area contributed by atoms with Crippen molar-refractivity contribution in [2.45, 2.75) is 13.1 Å². The van der Waals surface area contributed by atoms with Gasteiger partial charge in [-0.25, -0.2) is 0 Å². The first-order valence-electron chi connectivity index (χ1n) is 9.75. The van der Waals surface area contributed by atoms with Gasteiger partial charge in [-0.2, -0.15) is 0 Å². The lowest BCUT2D eigenvalue weighted by Crippen LogP contribution is -2.36. The molecule has 0 saturated carbocycles. The topological polar surface area (TPSA) is 58.1 Å². The number of aliphatic imine (C=N–C) groups is 1. The van der Waals surface area contributed by atoms with Gasteiger partial charge >= 0.3 is 0 Å². The third-order valence-corrected chi connectivity index (χ3v) is 4.16. The maximum atomic E-state index is 5.81. The van der Waals surface area contributed by atoms with Crippen LogP contribution in [0.3, 0.4) is 0 Å². The summed E-state index contributed by atoms with van der Waals surface area (Å²) in [5.41, 5.74) is 2.19.